The summed E-state index contributed by atoms with van der Waals surface area (Å²) in [4.78, 5) is 2.43. The first-order valence-electron chi connectivity index (χ1n) is 8.94. The number of benzene rings is 2. The molecule has 1 N–H and O–H groups in total. The van der Waals surface area contributed by atoms with Crippen molar-refractivity contribution in [1.82, 2.24) is 9.62 Å². The first-order valence-corrected chi connectivity index (χ1v) is 10.4. The van der Waals surface area contributed by atoms with E-state index in [0.717, 1.165) is 12.1 Å². The maximum Gasteiger partial charge on any atom is 0.243 e. The topological polar surface area (TPSA) is 52.7 Å². The Labute approximate surface area is 157 Å². The lowest BCUT2D eigenvalue weighted by atomic mass is 10.2. The van der Waals surface area contributed by atoms with Gasteiger partial charge in [0.05, 0.1) is 4.90 Å². The zero-order valence-electron chi connectivity index (χ0n) is 16.1. The van der Waals surface area contributed by atoms with Crippen LogP contribution in [0, 0.1) is 0 Å². The van der Waals surface area contributed by atoms with E-state index in [4.69, 9.17) is 0 Å². The molecule has 0 unspecified atom stereocenters. The molecule has 0 radical (unpaired) electrons. The summed E-state index contributed by atoms with van der Waals surface area (Å²) < 4.78 is 26.4. The smallest absolute Gasteiger partial charge is 0.243 e. The summed E-state index contributed by atoms with van der Waals surface area (Å²) in [6.07, 6.45) is 0. The van der Waals surface area contributed by atoms with Gasteiger partial charge in [0.25, 0.3) is 0 Å². The molecule has 0 aliphatic carbocycles. The minimum absolute atomic E-state index is 0.351. The van der Waals surface area contributed by atoms with Gasteiger partial charge in [0.1, 0.15) is 0 Å². The van der Waals surface area contributed by atoms with Crippen LogP contribution in [-0.2, 0) is 23.1 Å². The van der Waals surface area contributed by atoms with Gasteiger partial charge in [-0.1, -0.05) is 38.1 Å². The van der Waals surface area contributed by atoms with Crippen LogP contribution in [0.1, 0.15) is 25.0 Å². The lowest BCUT2D eigenvalue weighted by molar-refractivity contribution is 0.445. The zero-order chi connectivity index (χ0) is 19.2. The first-order chi connectivity index (χ1) is 12.4. The molecule has 0 aromatic heterocycles. The van der Waals surface area contributed by atoms with Gasteiger partial charge in [0.2, 0.25) is 10.0 Å². The van der Waals surface area contributed by atoms with Gasteiger partial charge < -0.3 is 10.2 Å². The number of nitrogens with one attached hydrogen (secondary N) is 1. The van der Waals surface area contributed by atoms with Gasteiger partial charge in [-0.05, 0) is 35.4 Å². The van der Waals surface area contributed by atoms with Crippen molar-refractivity contribution < 1.29 is 8.42 Å². The molecular formula is C20H29N3O2S. The van der Waals surface area contributed by atoms with Crippen molar-refractivity contribution in [1.29, 1.82) is 0 Å². The van der Waals surface area contributed by atoms with Crippen molar-refractivity contribution in [2.45, 2.75) is 31.8 Å². The van der Waals surface area contributed by atoms with E-state index in [0.29, 0.717) is 24.5 Å². The molecule has 0 spiro atoms. The second-order valence-electron chi connectivity index (χ2n) is 6.40. The van der Waals surface area contributed by atoms with Crippen molar-refractivity contribution in [3.05, 3.63) is 59.7 Å². The molecule has 26 heavy (non-hydrogen) atoms. The molecule has 2 aromatic rings. The standard InChI is InChI=1S/C20H29N3O2S/c1-5-23(6-2)26(24,25)20-13-9-18(10-14-20)16-21-15-17-7-11-19(12-8-17)22(3)4/h7-14,21H,5-6,15-16H2,1-4H3. The molecule has 0 heterocycles. The summed E-state index contributed by atoms with van der Waals surface area (Å²) in [5.41, 5.74) is 3.46. The summed E-state index contributed by atoms with van der Waals surface area (Å²) in [5, 5.41) is 3.40. The molecule has 6 heteroatoms. The van der Waals surface area contributed by atoms with Crippen molar-refractivity contribution in [2.75, 3.05) is 32.1 Å². The Balaban J connectivity index is 1.93. The highest BCUT2D eigenvalue weighted by Gasteiger charge is 2.20. The maximum atomic E-state index is 12.5. The quantitative estimate of drug-likeness (QED) is 0.732. The van der Waals surface area contributed by atoms with E-state index in [1.807, 2.05) is 40.1 Å². The van der Waals surface area contributed by atoms with E-state index in [2.05, 4.69) is 34.5 Å². The third-order valence-corrected chi connectivity index (χ3v) is 6.44. The molecule has 0 bridgehead atoms. The Morgan fingerprint density at radius 2 is 1.27 bits per heavy atom. The lowest BCUT2D eigenvalue weighted by Gasteiger charge is -2.18. The largest absolute Gasteiger partial charge is 0.378 e. The molecule has 2 aromatic carbocycles. The fourth-order valence-corrected chi connectivity index (χ4v) is 4.21. The van der Waals surface area contributed by atoms with E-state index < -0.39 is 10.0 Å². The normalized spacial score (nSPS) is 11.7. The molecule has 142 valence electrons. The summed E-state index contributed by atoms with van der Waals surface area (Å²) in [6, 6.07) is 15.6. The first kappa shape index (κ1) is 20.4. The van der Waals surface area contributed by atoms with Gasteiger partial charge in [0.15, 0.2) is 0 Å². The monoisotopic (exact) mass is 375 g/mol. The molecular weight excluding hydrogens is 346 g/mol. The fourth-order valence-electron chi connectivity index (χ4n) is 2.75. The molecule has 0 amide bonds. The molecule has 2 rings (SSSR count). The van der Waals surface area contributed by atoms with Crippen molar-refractivity contribution in [3.63, 3.8) is 0 Å². The van der Waals surface area contributed by atoms with Crippen molar-refractivity contribution in [3.8, 4) is 0 Å². The average Bonchev–Trinajstić information content (AvgIpc) is 2.63. The van der Waals surface area contributed by atoms with Crippen molar-refractivity contribution >= 4 is 15.7 Å². The van der Waals surface area contributed by atoms with Crippen molar-refractivity contribution in [2.24, 2.45) is 0 Å². The van der Waals surface area contributed by atoms with Gasteiger partial charge in [-0.15, -0.1) is 0 Å². The van der Waals surface area contributed by atoms with Crippen LogP contribution in [0.5, 0.6) is 0 Å². The molecule has 5 nitrogen and oxygen atoms in total. The Bertz CT molecular complexity index is 781. The second-order valence-corrected chi connectivity index (χ2v) is 8.34. The number of hydrogen-bond acceptors (Lipinski definition) is 4. The summed E-state index contributed by atoms with van der Waals surface area (Å²) >= 11 is 0. The maximum absolute atomic E-state index is 12.5. The van der Waals surface area contributed by atoms with E-state index in [9.17, 15) is 8.42 Å². The molecule has 0 aliphatic heterocycles. The number of rotatable bonds is 9. The predicted octanol–water partition coefficient (Wildman–Crippen LogP) is 3.07. The van der Waals surface area contributed by atoms with Gasteiger partial charge in [-0.25, -0.2) is 8.42 Å². The zero-order valence-corrected chi connectivity index (χ0v) is 16.9. The van der Waals surface area contributed by atoms with E-state index in [1.165, 1.54) is 15.6 Å². The fraction of sp³-hybridized carbons (Fsp3) is 0.400. The summed E-state index contributed by atoms with van der Waals surface area (Å²) in [5.74, 6) is 0. The van der Waals surface area contributed by atoms with Crippen LogP contribution in [0.15, 0.2) is 53.4 Å². The third-order valence-electron chi connectivity index (χ3n) is 4.38. The van der Waals surface area contributed by atoms with Crippen LogP contribution < -0.4 is 10.2 Å². The Hall–Kier alpha value is -1.89. The average molecular weight is 376 g/mol. The van der Waals surface area contributed by atoms with Crippen LogP contribution in [0.2, 0.25) is 0 Å². The second kappa shape index (κ2) is 9.16. The Morgan fingerprint density at radius 3 is 1.69 bits per heavy atom. The predicted molar refractivity (Wildman–Crippen MR) is 108 cm³/mol. The minimum atomic E-state index is -3.38. The van der Waals surface area contributed by atoms with Gasteiger partial charge in [-0.2, -0.15) is 4.31 Å². The van der Waals surface area contributed by atoms with Gasteiger partial charge in [-0.3, -0.25) is 0 Å². The van der Waals surface area contributed by atoms with E-state index in [1.54, 1.807) is 12.1 Å². The van der Waals surface area contributed by atoms with Crippen LogP contribution >= 0.6 is 0 Å². The lowest BCUT2D eigenvalue weighted by Crippen LogP contribution is -2.30. The Kier molecular flexibility index (Phi) is 7.20. The number of hydrogen-bond donors (Lipinski definition) is 1. The number of nitrogens with zero attached hydrogens (tertiary/aromatic N) is 2. The Morgan fingerprint density at radius 1 is 0.808 bits per heavy atom. The van der Waals surface area contributed by atoms with Crippen LogP contribution in [0.4, 0.5) is 5.69 Å². The SMILES string of the molecule is CCN(CC)S(=O)(=O)c1ccc(CNCc2ccc(N(C)C)cc2)cc1. The summed E-state index contributed by atoms with van der Waals surface area (Å²) in [6.45, 7) is 6.13. The molecule has 0 aliphatic rings. The molecule has 0 saturated heterocycles. The highest BCUT2D eigenvalue weighted by atomic mass is 32.2. The summed E-state index contributed by atoms with van der Waals surface area (Å²) in [7, 11) is 0.667. The van der Waals surface area contributed by atoms with Crippen LogP contribution in [-0.4, -0.2) is 39.9 Å². The van der Waals surface area contributed by atoms with Crippen LogP contribution in [0.3, 0.4) is 0 Å². The van der Waals surface area contributed by atoms with E-state index >= 15 is 0 Å². The third kappa shape index (κ3) is 5.06. The highest BCUT2D eigenvalue weighted by molar-refractivity contribution is 7.89. The molecule has 0 atom stereocenters. The molecule has 0 fully saturated rings. The van der Waals surface area contributed by atoms with Crippen LogP contribution in [0.25, 0.3) is 0 Å². The number of sulfonamides is 1. The van der Waals surface area contributed by atoms with Gasteiger partial charge in [0, 0.05) is 46.0 Å². The number of anilines is 1. The molecule has 0 saturated carbocycles. The highest BCUT2D eigenvalue weighted by Crippen LogP contribution is 2.16. The van der Waals surface area contributed by atoms with Gasteiger partial charge >= 0.3 is 0 Å². The van der Waals surface area contributed by atoms with E-state index in [-0.39, 0.29) is 0 Å². The minimum Gasteiger partial charge on any atom is -0.378 e.